The van der Waals surface area contributed by atoms with E-state index in [9.17, 15) is 13.2 Å². The largest absolute Gasteiger partial charge is 0.307 e. The summed E-state index contributed by atoms with van der Waals surface area (Å²) in [7, 11) is -3.19. The summed E-state index contributed by atoms with van der Waals surface area (Å²) in [6.45, 7) is 2.48. The first kappa shape index (κ1) is 13.2. The van der Waals surface area contributed by atoms with Crippen molar-refractivity contribution in [3.8, 4) is 0 Å². The second-order valence-corrected chi connectivity index (χ2v) is 6.72. The van der Waals surface area contributed by atoms with Gasteiger partial charge in [0.05, 0.1) is 16.7 Å². The van der Waals surface area contributed by atoms with E-state index >= 15 is 0 Å². The van der Waals surface area contributed by atoms with E-state index in [-0.39, 0.29) is 22.5 Å². The third-order valence-corrected chi connectivity index (χ3v) is 5.01. The van der Waals surface area contributed by atoms with E-state index in [0.29, 0.717) is 5.56 Å². The molecule has 1 atom stereocenters. The number of carbonyl (C=O) groups is 1. The minimum absolute atomic E-state index is 0.0490. The lowest BCUT2D eigenvalue weighted by Gasteiger charge is -2.09. The number of carbonyl (C=O) groups excluding carboxylic acids is 1. The molecule has 1 unspecified atom stereocenters. The highest BCUT2D eigenvalue weighted by Gasteiger charge is 2.23. The summed E-state index contributed by atoms with van der Waals surface area (Å²) in [6.07, 6.45) is 1.87. The van der Waals surface area contributed by atoms with Crippen LogP contribution in [-0.2, 0) is 9.84 Å². The number of hydrogen-bond donors (Lipinski definition) is 1. The molecule has 1 aromatic carbocycles. The van der Waals surface area contributed by atoms with Gasteiger partial charge in [-0.25, -0.2) is 8.42 Å². The molecule has 1 saturated heterocycles. The van der Waals surface area contributed by atoms with Gasteiger partial charge in [-0.3, -0.25) is 4.79 Å². The highest BCUT2D eigenvalue weighted by Crippen LogP contribution is 2.16. The fourth-order valence-electron chi connectivity index (χ4n) is 2.10. The molecule has 2 rings (SSSR count). The SMILES string of the molecule is CCS(=O)(=O)c1ccc(C(=O)C2CCCN2)cc1. The van der Waals surface area contributed by atoms with Crippen LogP contribution in [0.5, 0.6) is 0 Å². The smallest absolute Gasteiger partial charge is 0.179 e. The molecule has 18 heavy (non-hydrogen) atoms. The Morgan fingerprint density at radius 3 is 2.50 bits per heavy atom. The van der Waals surface area contributed by atoms with Crippen LogP contribution in [0.4, 0.5) is 0 Å². The van der Waals surface area contributed by atoms with Gasteiger partial charge in [-0.1, -0.05) is 19.1 Å². The van der Waals surface area contributed by atoms with Gasteiger partial charge in [0.1, 0.15) is 0 Å². The van der Waals surface area contributed by atoms with Gasteiger partial charge in [-0.05, 0) is 31.5 Å². The second kappa shape index (κ2) is 5.20. The summed E-state index contributed by atoms with van der Waals surface area (Å²) in [4.78, 5) is 12.3. The Morgan fingerprint density at radius 1 is 1.33 bits per heavy atom. The zero-order valence-electron chi connectivity index (χ0n) is 10.3. The number of hydrogen-bond acceptors (Lipinski definition) is 4. The van der Waals surface area contributed by atoms with Crippen molar-refractivity contribution >= 4 is 15.6 Å². The Bertz CT molecular complexity index is 528. The lowest BCUT2D eigenvalue weighted by molar-refractivity contribution is 0.0952. The van der Waals surface area contributed by atoms with Crippen molar-refractivity contribution in [1.29, 1.82) is 0 Å². The average Bonchev–Trinajstić information content (AvgIpc) is 2.92. The van der Waals surface area contributed by atoms with Gasteiger partial charge < -0.3 is 5.32 Å². The number of nitrogens with one attached hydrogen (secondary N) is 1. The molecule has 0 spiro atoms. The Kier molecular flexibility index (Phi) is 3.82. The lowest BCUT2D eigenvalue weighted by Crippen LogP contribution is -2.30. The fraction of sp³-hybridized carbons (Fsp3) is 0.462. The molecule has 4 nitrogen and oxygen atoms in total. The normalized spacial score (nSPS) is 19.9. The molecule has 5 heteroatoms. The van der Waals surface area contributed by atoms with E-state index in [0.717, 1.165) is 19.4 Å². The summed E-state index contributed by atoms with van der Waals surface area (Å²) >= 11 is 0. The Balaban J connectivity index is 2.20. The van der Waals surface area contributed by atoms with E-state index in [1.54, 1.807) is 19.1 Å². The zero-order valence-corrected chi connectivity index (χ0v) is 11.2. The molecule has 1 aliphatic heterocycles. The minimum Gasteiger partial charge on any atom is -0.307 e. The second-order valence-electron chi connectivity index (χ2n) is 4.44. The van der Waals surface area contributed by atoms with E-state index in [4.69, 9.17) is 0 Å². The van der Waals surface area contributed by atoms with Crippen LogP contribution in [0.1, 0.15) is 30.1 Å². The van der Waals surface area contributed by atoms with Crippen LogP contribution in [0.15, 0.2) is 29.2 Å². The van der Waals surface area contributed by atoms with Crippen LogP contribution >= 0.6 is 0 Å². The first-order valence-corrected chi connectivity index (χ1v) is 7.80. The van der Waals surface area contributed by atoms with Crippen LogP contribution in [-0.4, -0.2) is 32.5 Å². The first-order chi connectivity index (χ1) is 8.54. The van der Waals surface area contributed by atoms with Crippen LogP contribution in [0.2, 0.25) is 0 Å². The molecule has 0 aromatic heterocycles. The molecule has 0 amide bonds. The molecular formula is C13H17NO3S. The molecule has 1 N–H and O–H groups in total. The number of Topliss-reactive ketones (excluding diaryl/α,β-unsaturated/α-hetero) is 1. The maximum Gasteiger partial charge on any atom is 0.179 e. The predicted octanol–water partition coefficient (Wildman–Crippen LogP) is 1.41. The maximum atomic E-state index is 12.1. The maximum absolute atomic E-state index is 12.1. The summed E-state index contributed by atoms with van der Waals surface area (Å²) in [5.74, 6) is 0.123. The molecule has 0 bridgehead atoms. The predicted molar refractivity (Wildman–Crippen MR) is 69.5 cm³/mol. The molecule has 1 heterocycles. The standard InChI is InChI=1S/C13H17NO3S/c1-2-18(16,17)11-7-5-10(6-8-11)13(15)12-4-3-9-14-12/h5-8,12,14H,2-4,9H2,1H3. The topological polar surface area (TPSA) is 63.2 Å². The highest BCUT2D eigenvalue weighted by atomic mass is 32.2. The van der Waals surface area contributed by atoms with Crippen molar-refractivity contribution in [3.05, 3.63) is 29.8 Å². The number of ketones is 1. The van der Waals surface area contributed by atoms with E-state index in [2.05, 4.69) is 5.32 Å². The fourth-order valence-corrected chi connectivity index (χ4v) is 2.99. The van der Waals surface area contributed by atoms with E-state index in [1.165, 1.54) is 12.1 Å². The number of rotatable bonds is 4. The minimum atomic E-state index is -3.19. The third-order valence-electron chi connectivity index (χ3n) is 3.25. The Hall–Kier alpha value is -1.20. The molecule has 1 aliphatic rings. The number of sulfone groups is 1. The Morgan fingerprint density at radius 2 is 2.00 bits per heavy atom. The van der Waals surface area contributed by atoms with Crippen molar-refractivity contribution in [3.63, 3.8) is 0 Å². The van der Waals surface area contributed by atoms with Gasteiger partial charge in [0.15, 0.2) is 15.6 Å². The summed E-state index contributed by atoms with van der Waals surface area (Å²) in [5.41, 5.74) is 0.574. The van der Waals surface area contributed by atoms with Crippen LogP contribution in [0.3, 0.4) is 0 Å². The number of benzene rings is 1. The van der Waals surface area contributed by atoms with Gasteiger partial charge in [0.25, 0.3) is 0 Å². The summed E-state index contributed by atoms with van der Waals surface area (Å²) < 4.78 is 23.3. The summed E-state index contributed by atoms with van der Waals surface area (Å²) in [6, 6.07) is 6.12. The average molecular weight is 267 g/mol. The van der Waals surface area contributed by atoms with Gasteiger partial charge in [0.2, 0.25) is 0 Å². The molecule has 0 saturated carbocycles. The monoisotopic (exact) mass is 267 g/mol. The lowest BCUT2D eigenvalue weighted by atomic mass is 10.0. The molecule has 98 valence electrons. The third kappa shape index (κ3) is 2.62. The van der Waals surface area contributed by atoms with Crippen molar-refractivity contribution in [2.75, 3.05) is 12.3 Å². The molecule has 0 aliphatic carbocycles. The van der Waals surface area contributed by atoms with Gasteiger partial charge in [0, 0.05) is 5.56 Å². The molecule has 0 radical (unpaired) electrons. The van der Waals surface area contributed by atoms with Gasteiger partial charge in [-0.2, -0.15) is 0 Å². The van der Waals surface area contributed by atoms with Gasteiger partial charge in [-0.15, -0.1) is 0 Å². The van der Waals surface area contributed by atoms with Crippen molar-refractivity contribution in [1.82, 2.24) is 5.32 Å². The highest BCUT2D eigenvalue weighted by molar-refractivity contribution is 7.91. The van der Waals surface area contributed by atoms with Crippen molar-refractivity contribution < 1.29 is 13.2 Å². The quantitative estimate of drug-likeness (QED) is 0.838. The molecule has 1 aromatic rings. The first-order valence-electron chi connectivity index (χ1n) is 6.15. The summed E-state index contributed by atoms with van der Waals surface area (Å²) in [5, 5.41) is 3.14. The Labute approximate surface area is 107 Å². The van der Waals surface area contributed by atoms with Crippen LogP contribution in [0.25, 0.3) is 0 Å². The van der Waals surface area contributed by atoms with E-state index in [1.807, 2.05) is 0 Å². The van der Waals surface area contributed by atoms with E-state index < -0.39 is 9.84 Å². The molecule has 1 fully saturated rings. The van der Waals surface area contributed by atoms with Crippen LogP contribution in [0, 0.1) is 0 Å². The molecular weight excluding hydrogens is 250 g/mol. The van der Waals surface area contributed by atoms with Crippen molar-refractivity contribution in [2.45, 2.75) is 30.7 Å². The van der Waals surface area contributed by atoms with Crippen molar-refractivity contribution in [2.24, 2.45) is 0 Å². The van der Waals surface area contributed by atoms with Crippen LogP contribution < -0.4 is 5.32 Å². The zero-order chi connectivity index (χ0) is 13.2. The van der Waals surface area contributed by atoms with Gasteiger partial charge >= 0.3 is 0 Å².